The smallest absolute Gasteiger partial charge is 0.330 e. The number of carbonyl (C=O) groups excluding carboxylic acids is 1. The first-order valence-corrected chi connectivity index (χ1v) is 8.09. The number of esters is 1. The Bertz CT molecular complexity index is 306. The molecule has 19 heavy (non-hydrogen) atoms. The maximum Gasteiger partial charge on any atom is 0.330 e. The van der Waals surface area contributed by atoms with Gasteiger partial charge in [0.2, 0.25) is 0 Å². The standard InChI is InChI=1S/C17H28O2/c1-2-16(18)19-17-12-6-3-4-9-15(11-8-14-17)10-5-7-13-17/h2,15H,1,3-14H2. The Morgan fingerprint density at radius 3 is 2.26 bits per heavy atom. The summed E-state index contributed by atoms with van der Waals surface area (Å²) in [5, 5.41) is 0. The fraction of sp³-hybridized carbons (Fsp3) is 0.824. The van der Waals surface area contributed by atoms with Crippen LogP contribution in [0.1, 0.15) is 77.0 Å². The van der Waals surface area contributed by atoms with Crippen LogP contribution in [0.4, 0.5) is 0 Å². The SMILES string of the molecule is C=CC(=O)OC12CCCCCC(CCCC1)CCC2. The summed E-state index contributed by atoms with van der Waals surface area (Å²) in [6.45, 7) is 3.55. The van der Waals surface area contributed by atoms with E-state index in [-0.39, 0.29) is 11.6 Å². The van der Waals surface area contributed by atoms with Gasteiger partial charge >= 0.3 is 5.97 Å². The Morgan fingerprint density at radius 2 is 1.53 bits per heavy atom. The Morgan fingerprint density at radius 1 is 0.947 bits per heavy atom. The first kappa shape index (κ1) is 14.6. The van der Waals surface area contributed by atoms with E-state index in [0.717, 1.165) is 25.2 Å². The van der Waals surface area contributed by atoms with Gasteiger partial charge in [-0.1, -0.05) is 45.1 Å². The fourth-order valence-electron chi connectivity index (χ4n) is 3.87. The zero-order chi connectivity index (χ0) is 13.6. The van der Waals surface area contributed by atoms with Crippen LogP contribution >= 0.6 is 0 Å². The van der Waals surface area contributed by atoms with E-state index < -0.39 is 0 Å². The van der Waals surface area contributed by atoms with Gasteiger partial charge in [-0.05, 0) is 44.4 Å². The highest BCUT2D eigenvalue weighted by molar-refractivity contribution is 5.81. The Hall–Kier alpha value is -0.790. The third kappa shape index (κ3) is 4.36. The number of fused-ring (bicyclic) bond motifs is 4. The van der Waals surface area contributed by atoms with Gasteiger partial charge in [0.1, 0.15) is 5.60 Å². The van der Waals surface area contributed by atoms with Crippen molar-refractivity contribution in [3.8, 4) is 0 Å². The van der Waals surface area contributed by atoms with Gasteiger partial charge < -0.3 is 4.74 Å². The number of ether oxygens (including phenoxy) is 1. The first-order valence-electron chi connectivity index (χ1n) is 8.09. The Balaban J connectivity index is 2.11. The molecule has 0 spiro atoms. The van der Waals surface area contributed by atoms with Gasteiger partial charge in [0.05, 0.1) is 0 Å². The summed E-state index contributed by atoms with van der Waals surface area (Å²) in [6.07, 6.45) is 16.2. The van der Waals surface area contributed by atoms with Crippen LogP contribution in [0.15, 0.2) is 12.7 Å². The number of rotatable bonds is 2. The predicted octanol–water partition coefficient (Wildman–Crippen LogP) is 4.78. The largest absolute Gasteiger partial charge is 0.456 e. The van der Waals surface area contributed by atoms with E-state index in [1.807, 2.05) is 0 Å². The number of hydrogen-bond donors (Lipinski definition) is 0. The normalized spacial score (nSPS) is 32.9. The van der Waals surface area contributed by atoms with Gasteiger partial charge in [-0.25, -0.2) is 4.79 Å². The van der Waals surface area contributed by atoms with Crippen LogP contribution in [0.25, 0.3) is 0 Å². The van der Waals surface area contributed by atoms with Gasteiger partial charge in [0.15, 0.2) is 0 Å². The molecule has 0 heterocycles. The van der Waals surface area contributed by atoms with Crippen LogP contribution in [0, 0.1) is 5.92 Å². The molecule has 0 amide bonds. The van der Waals surface area contributed by atoms with Crippen molar-refractivity contribution >= 4 is 5.97 Å². The summed E-state index contributed by atoms with van der Waals surface area (Å²) >= 11 is 0. The maximum absolute atomic E-state index is 11.7. The van der Waals surface area contributed by atoms with Crippen molar-refractivity contribution in [3.63, 3.8) is 0 Å². The Labute approximate surface area is 117 Å². The first-order chi connectivity index (χ1) is 9.24. The molecule has 0 aromatic carbocycles. The zero-order valence-corrected chi connectivity index (χ0v) is 12.2. The minimum Gasteiger partial charge on any atom is -0.456 e. The molecule has 2 nitrogen and oxygen atoms in total. The molecule has 2 atom stereocenters. The molecular weight excluding hydrogens is 236 g/mol. The molecule has 0 saturated heterocycles. The molecule has 2 aliphatic rings. The maximum atomic E-state index is 11.7. The average molecular weight is 264 g/mol. The van der Waals surface area contributed by atoms with E-state index >= 15 is 0 Å². The summed E-state index contributed by atoms with van der Waals surface area (Å²) < 4.78 is 5.82. The topological polar surface area (TPSA) is 26.3 Å². The van der Waals surface area contributed by atoms with Crippen LogP contribution in [0.5, 0.6) is 0 Å². The third-order valence-electron chi connectivity index (χ3n) is 4.97. The molecule has 0 radical (unpaired) electrons. The van der Waals surface area contributed by atoms with Gasteiger partial charge in [-0.15, -0.1) is 0 Å². The zero-order valence-electron chi connectivity index (χ0n) is 12.2. The molecule has 0 aliphatic heterocycles. The van der Waals surface area contributed by atoms with Gasteiger partial charge in [-0.3, -0.25) is 0 Å². The fourth-order valence-corrected chi connectivity index (χ4v) is 3.87. The van der Waals surface area contributed by atoms with Crippen molar-refractivity contribution in [1.29, 1.82) is 0 Å². The summed E-state index contributed by atoms with van der Waals surface area (Å²) in [4.78, 5) is 11.7. The lowest BCUT2D eigenvalue weighted by Gasteiger charge is -2.34. The highest BCUT2D eigenvalue weighted by Crippen LogP contribution is 2.37. The molecule has 2 bridgehead atoms. The van der Waals surface area contributed by atoms with Gasteiger partial charge in [0, 0.05) is 6.08 Å². The second kappa shape index (κ2) is 7.12. The van der Waals surface area contributed by atoms with E-state index in [9.17, 15) is 4.79 Å². The molecule has 2 unspecified atom stereocenters. The molecule has 2 rings (SSSR count). The summed E-state index contributed by atoms with van der Waals surface area (Å²) in [5.74, 6) is 0.692. The number of carbonyl (C=O) groups is 1. The van der Waals surface area contributed by atoms with Crippen LogP contribution in [0.2, 0.25) is 0 Å². The van der Waals surface area contributed by atoms with Crippen LogP contribution in [-0.2, 0) is 9.53 Å². The molecule has 2 heteroatoms. The minimum absolute atomic E-state index is 0.183. The molecular formula is C17H28O2. The molecule has 108 valence electrons. The second-order valence-electron chi connectivity index (χ2n) is 6.41. The van der Waals surface area contributed by atoms with Crippen molar-refractivity contribution in [1.82, 2.24) is 0 Å². The van der Waals surface area contributed by atoms with Gasteiger partial charge in [0.25, 0.3) is 0 Å². The van der Waals surface area contributed by atoms with Crippen LogP contribution in [0.3, 0.4) is 0 Å². The molecule has 0 aromatic rings. The molecule has 2 saturated carbocycles. The van der Waals surface area contributed by atoms with E-state index in [1.165, 1.54) is 63.9 Å². The predicted molar refractivity (Wildman–Crippen MR) is 77.9 cm³/mol. The van der Waals surface area contributed by atoms with Crippen molar-refractivity contribution in [2.45, 2.75) is 82.7 Å². The summed E-state index contributed by atoms with van der Waals surface area (Å²) in [7, 11) is 0. The number of hydrogen-bond acceptors (Lipinski definition) is 2. The van der Waals surface area contributed by atoms with E-state index in [1.54, 1.807) is 0 Å². The lowest BCUT2D eigenvalue weighted by Crippen LogP contribution is -2.35. The quantitative estimate of drug-likeness (QED) is 0.530. The molecule has 0 N–H and O–H groups in total. The summed E-state index contributed by atoms with van der Waals surface area (Å²) in [5.41, 5.74) is -0.183. The van der Waals surface area contributed by atoms with Crippen LogP contribution in [-0.4, -0.2) is 11.6 Å². The van der Waals surface area contributed by atoms with Gasteiger partial charge in [-0.2, -0.15) is 0 Å². The van der Waals surface area contributed by atoms with E-state index in [4.69, 9.17) is 4.74 Å². The third-order valence-corrected chi connectivity index (χ3v) is 4.97. The van der Waals surface area contributed by atoms with E-state index in [0.29, 0.717) is 0 Å². The lowest BCUT2D eigenvalue weighted by atomic mass is 9.84. The average Bonchev–Trinajstić information content (AvgIpc) is 2.47. The minimum atomic E-state index is -0.229. The van der Waals surface area contributed by atoms with Crippen molar-refractivity contribution in [2.75, 3.05) is 0 Å². The van der Waals surface area contributed by atoms with Crippen LogP contribution < -0.4 is 0 Å². The molecule has 2 aliphatic carbocycles. The molecule has 2 fully saturated rings. The lowest BCUT2D eigenvalue weighted by molar-refractivity contribution is -0.156. The molecule has 0 aromatic heterocycles. The monoisotopic (exact) mass is 264 g/mol. The van der Waals surface area contributed by atoms with Crippen molar-refractivity contribution in [2.24, 2.45) is 5.92 Å². The highest BCUT2D eigenvalue weighted by Gasteiger charge is 2.34. The second-order valence-corrected chi connectivity index (χ2v) is 6.41. The van der Waals surface area contributed by atoms with Crippen molar-refractivity contribution < 1.29 is 9.53 Å². The highest BCUT2D eigenvalue weighted by atomic mass is 16.6. The summed E-state index contributed by atoms with van der Waals surface area (Å²) in [6, 6.07) is 0. The van der Waals surface area contributed by atoms with E-state index in [2.05, 4.69) is 6.58 Å². The Kier molecular flexibility index (Phi) is 5.47. The van der Waals surface area contributed by atoms with Crippen molar-refractivity contribution in [3.05, 3.63) is 12.7 Å².